The highest BCUT2D eigenvalue weighted by Gasteiger charge is 2.76. The number of halogens is 6. The van der Waals surface area contributed by atoms with Gasteiger partial charge in [-0.2, -0.15) is 34.8 Å². The van der Waals surface area contributed by atoms with Gasteiger partial charge in [-0.05, 0) is 50.4 Å². The lowest BCUT2D eigenvalue weighted by molar-refractivity contribution is -0.363. The van der Waals surface area contributed by atoms with Gasteiger partial charge in [0.1, 0.15) is 11.9 Å². The number of ether oxygens (including phenoxy) is 2. The summed E-state index contributed by atoms with van der Waals surface area (Å²) in [6.45, 7) is 4.79. The van der Waals surface area contributed by atoms with E-state index in [1.807, 2.05) is 0 Å². The maximum atomic E-state index is 13.6. The first-order chi connectivity index (χ1) is 14.9. The van der Waals surface area contributed by atoms with Gasteiger partial charge in [0.05, 0.1) is 5.92 Å². The lowest BCUT2D eigenvalue weighted by atomic mass is 9.50. The first kappa shape index (κ1) is 25.8. The third-order valence-corrected chi connectivity index (χ3v) is 7.55. The van der Waals surface area contributed by atoms with Gasteiger partial charge in [0.2, 0.25) is 0 Å². The zero-order valence-electron chi connectivity index (χ0n) is 17.3. The van der Waals surface area contributed by atoms with Crippen molar-refractivity contribution < 1.29 is 58.4 Å². The molecule has 0 aromatic carbocycles. The van der Waals surface area contributed by atoms with Crippen molar-refractivity contribution >= 4 is 22.1 Å². The van der Waals surface area contributed by atoms with Crippen molar-refractivity contribution in [3.63, 3.8) is 0 Å². The molecule has 0 spiro atoms. The average molecular weight is 508 g/mol. The van der Waals surface area contributed by atoms with Crippen LogP contribution in [0.15, 0.2) is 12.2 Å². The van der Waals surface area contributed by atoms with Gasteiger partial charge in [-0.25, -0.2) is 4.79 Å². The van der Waals surface area contributed by atoms with E-state index >= 15 is 0 Å². The molecule has 4 aliphatic rings. The van der Waals surface area contributed by atoms with Crippen molar-refractivity contribution in [3.8, 4) is 0 Å². The molecular formula is C19H22F6O7S. The van der Waals surface area contributed by atoms with E-state index in [0.717, 1.165) is 0 Å². The molecule has 0 amide bonds. The van der Waals surface area contributed by atoms with Crippen molar-refractivity contribution in [2.45, 2.75) is 56.7 Å². The van der Waals surface area contributed by atoms with Gasteiger partial charge in [0.15, 0.2) is 0 Å². The van der Waals surface area contributed by atoms with Crippen molar-refractivity contribution in [1.29, 1.82) is 0 Å². The second-order valence-electron chi connectivity index (χ2n) is 9.14. The zero-order valence-corrected chi connectivity index (χ0v) is 18.1. The van der Waals surface area contributed by atoms with Gasteiger partial charge in [0, 0.05) is 11.5 Å². The highest BCUT2D eigenvalue weighted by atomic mass is 32.2. The van der Waals surface area contributed by atoms with Crippen molar-refractivity contribution in [1.82, 2.24) is 0 Å². The molecule has 0 aromatic heterocycles. The molecule has 4 fully saturated rings. The van der Waals surface area contributed by atoms with E-state index < -0.39 is 69.6 Å². The fraction of sp³-hybridized carbons (Fsp3) is 0.789. The lowest BCUT2D eigenvalue weighted by Crippen LogP contribution is -2.65. The maximum absolute atomic E-state index is 13.6. The predicted molar refractivity (Wildman–Crippen MR) is 98.0 cm³/mol. The van der Waals surface area contributed by atoms with Gasteiger partial charge in [-0.15, -0.1) is 0 Å². The van der Waals surface area contributed by atoms with Gasteiger partial charge < -0.3 is 9.47 Å². The summed E-state index contributed by atoms with van der Waals surface area (Å²) in [4.78, 5) is 24.9. The summed E-state index contributed by atoms with van der Waals surface area (Å²) >= 11 is 0. The van der Waals surface area contributed by atoms with Crippen LogP contribution in [0.3, 0.4) is 0 Å². The van der Waals surface area contributed by atoms with Crippen molar-refractivity contribution in [2.75, 3.05) is 5.75 Å². The van der Waals surface area contributed by atoms with E-state index in [2.05, 4.69) is 11.3 Å². The number of carbonyl (C=O) groups excluding carboxylic acids is 2. The minimum absolute atomic E-state index is 0.0317. The SMILES string of the molecule is C=C(C)C(=O)OC1C2CC3CC(C2)C(C(=O)OC(CS(=O)(=O)O)(C(F)(F)F)C(F)(F)F)C1C3. The summed E-state index contributed by atoms with van der Waals surface area (Å²) in [5.74, 6) is -8.73. The van der Waals surface area contributed by atoms with Crippen molar-refractivity contribution in [3.05, 3.63) is 12.2 Å². The van der Waals surface area contributed by atoms with E-state index in [9.17, 15) is 44.3 Å². The Labute approximate surface area is 185 Å². The first-order valence-corrected chi connectivity index (χ1v) is 11.6. The normalized spacial score (nSPS) is 31.9. The Morgan fingerprint density at radius 1 is 1.00 bits per heavy atom. The maximum Gasteiger partial charge on any atom is 0.438 e. The number of carbonyl (C=O) groups is 2. The molecule has 4 bridgehead atoms. The number of hydrogen-bond acceptors (Lipinski definition) is 6. The lowest BCUT2D eigenvalue weighted by Gasteiger charge is -2.56. The zero-order chi connectivity index (χ0) is 25.1. The summed E-state index contributed by atoms with van der Waals surface area (Å²) in [5.41, 5.74) is -5.42. The third-order valence-electron chi connectivity index (χ3n) is 6.78. The minimum atomic E-state index is -6.39. The van der Waals surface area contributed by atoms with E-state index in [1.165, 1.54) is 6.92 Å². The van der Waals surface area contributed by atoms with Crippen LogP contribution in [0.2, 0.25) is 0 Å². The summed E-state index contributed by atoms with van der Waals surface area (Å²) in [6, 6.07) is 0. The molecule has 0 saturated heterocycles. The Kier molecular flexibility index (Phi) is 6.36. The average Bonchev–Trinajstić information content (AvgIpc) is 2.60. The van der Waals surface area contributed by atoms with Gasteiger partial charge in [-0.3, -0.25) is 9.35 Å². The van der Waals surface area contributed by atoms with E-state index in [0.29, 0.717) is 12.8 Å². The Morgan fingerprint density at radius 2 is 1.55 bits per heavy atom. The van der Waals surface area contributed by atoms with E-state index in [1.54, 1.807) is 0 Å². The topological polar surface area (TPSA) is 107 Å². The summed E-state index contributed by atoms with van der Waals surface area (Å²) in [7, 11) is -5.88. The molecule has 0 aromatic rings. The van der Waals surface area contributed by atoms with Crippen molar-refractivity contribution in [2.24, 2.45) is 29.6 Å². The van der Waals surface area contributed by atoms with Crippen LogP contribution >= 0.6 is 0 Å². The fourth-order valence-corrected chi connectivity index (χ4v) is 6.50. The largest absolute Gasteiger partial charge is 0.458 e. The van der Waals surface area contributed by atoms with E-state index in [4.69, 9.17) is 9.29 Å². The molecule has 4 saturated carbocycles. The second-order valence-corrected chi connectivity index (χ2v) is 10.6. The molecule has 1 N–H and O–H groups in total. The Bertz CT molecular complexity index is 927. The molecule has 6 atom stereocenters. The van der Waals surface area contributed by atoms with Gasteiger partial charge in [-0.1, -0.05) is 6.58 Å². The summed E-state index contributed by atoms with van der Waals surface area (Å²) < 4.78 is 122. The fourth-order valence-electron chi connectivity index (χ4n) is 5.60. The molecule has 6 unspecified atom stereocenters. The molecule has 14 heteroatoms. The quantitative estimate of drug-likeness (QED) is 0.254. The van der Waals surface area contributed by atoms with Crippen LogP contribution in [0.1, 0.15) is 32.6 Å². The standard InChI is InChI=1S/C19H22F6O7S/c1-8(2)15(26)31-14-11-4-9-3-10(6-11)13(12(14)5-9)16(27)32-17(18(20,21)22,19(23,24)25)7-33(28,29)30/h9-14H,1,3-7H2,2H3,(H,28,29,30). The van der Waals surface area contributed by atoms with Gasteiger partial charge >= 0.3 is 29.9 Å². The van der Waals surface area contributed by atoms with Crippen LogP contribution < -0.4 is 0 Å². The molecule has 4 aliphatic carbocycles. The number of rotatable bonds is 6. The number of hydrogen-bond donors (Lipinski definition) is 1. The van der Waals surface area contributed by atoms with Crippen LogP contribution in [-0.2, 0) is 29.2 Å². The predicted octanol–water partition coefficient (Wildman–Crippen LogP) is 3.45. The molecule has 188 valence electrons. The smallest absolute Gasteiger partial charge is 0.438 e. The molecule has 0 heterocycles. The first-order valence-electron chi connectivity index (χ1n) is 10.0. The Morgan fingerprint density at radius 3 is 2.03 bits per heavy atom. The van der Waals surface area contributed by atoms with Crippen LogP contribution in [0.4, 0.5) is 26.3 Å². The second kappa shape index (κ2) is 8.14. The van der Waals surface area contributed by atoms with Crippen LogP contribution in [-0.4, -0.2) is 54.7 Å². The molecule has 0 radical (unpaired) electrons. The highest BCUT2D eigenvalue weighted by molar-refractivity contribution is 7.85. The third kappa shape index (κ3) is 4.73. The van der Waals surface area contributed by atoms with Crippen LogP contribution in [0.5, 0.6) is 0 Å². The summed E-state index contributed by atoms with van der Waals surface area (Å²) in [6.07, 6.45) is -12.2. The van der Waals surface area contributed by atoms with Crippen LogP contribution in [0, 0.1) is 29.6 Å². The molecular weight excluding hydrogens is 486 g/mol. The van der Waals surface area contributed by atoms with Crippen LogP contribution in [0.25, 0.3) is 0 Å². The van der Waals surface area contributed by atoms with E-state index in [-0.39, 0.29) is 30.3 Å². The number of alkyl halides is 6. The molecule has 4 rings (SSSR count). The Balaban J connectivity index is 1.96. The minimum Gasteiger partial charge on any atom is -0.458 e. The molecule has 0 aliphatic heterocycles. The monoisotopic (exact) mass is 508 g/mol. The Hall–Kier alpha value is -1.83. The van der Waals surface area contributed by atoms with Gasteiger partial charge in [0.25, 0.3) is 10.1 Å². The molecule has 7 nitrogen and oxygen atoms in total. The molecule has 33 heavy (non-hydrogen) atoms. The highest BCUT2D eigenvalue weighted by Crippen LogP contribution is 2.58. The summed E-state index contributed by atoms with van der Waals surface area (Å²) in [5, 5.41) is 0. The number of esters is 2.